The monoisotopic (exact) mass is 403 g/mol. The molecule has 1 aromatic carbocycles. The predicted octanol–water partition coefficient (Wildman–Crippen LogP) is 4.27. The molecule has 20 heavy (non-hydrogen) atoms. The highest BCUT2D eigenvalue weighted by Crippen LogP contribution is 2.26. The molecule has 0 unspecified atom stereocenters. The van der Waals surface area contributed by atoms with E-state index in [9.17, 15) is 14.5 Å². The molecule has 0 radical (unpaired) electrons. The fourth-order valence-electron chi connectivity index (χ4n) is 1.56. The second-order valence-electron chi connectivity index (χ2n) is 3.87. The van der Waals surface area contributed by atoms with Crippen molar-refractivity contribution < 1.29 is 9.31 Å². The van der Waals surface area contributed by atoms with Gasteiger partial charge in [-0.25, -0.2) is 9.37 Å². The van der Waals surface area contributed by atoms with Crippen LogP contribution >= 0.6 is 31.9 Å². The minimum absolute atomic E-state index is 0.134. The quantitative estimate of drug-likeness (QED) is 0.610. The van der Waals surface area contributed by atoms with Crippen LogP contribution in [-0.2, 0) is 6.54 Å². The molecule has 0 aliphatic rings. The first-order chi connectivity index (χ1) is 9.47. The molecule has 0 atom stereocenters. The molecule has 2 rings (SSSR count). The number of hydrogen-bond acceptors (Lipinski definition) is 4. The highest BCUT2D eigenvalue weighted by molar-refractivity contribution is 9.10. The number of nitro groups is 1. The molecule has 104 valence electrons. The molecule has 0 fully saturated rings. The predicted molar refractivity (Wildman–Crippen MR) is 80.0 cm³/mol. The van der Waals surface area contributed by atoms with Crippen molar-refractivity contribution in [3.05, 3.63) is 60.9 Å². The third kappa shape index (κ3) is 3.51. The number of hydrogen-bond donors (Lipinski definition) is 1. The van der Waals surface area contributed by atoms with Gasteiger partial charge in [-0.15, -0.1) is 0 Å². The molecule has 0 amide bonds. The van der Waals surface area contributed by atoms with E-state index in [0.29, 0.717) is 14.5 Å². The Kier molecular flexibility index (Phi) is 4.66. The third-order valence-electron chi connectivity index (χ3n) is 2.48. The van der Waals surface area contributed by atoms with Crippen LogP contribution in [0.15, 0.2) is 39.4 Å². The fourth-order valence-corrected chi connectivity index (χ4v) is 2.27. The van der Waals surface area contributed by atoms with Crippen LogP contribution in [0.1, 0.15) is 5.56 Å². The number of halogens is 3. The summed E-state index contributed by atoms with van der Waals surface area (Å²) >= 11 is 6.42. The maximum Gasteiger partial charge on any atom is 0.312 e. The lowest BCUT2D eigenvalue weighted by Crippen LogP contribution is -2.05. The van der Waals surface area contributed by atoms with Crippen molar-refractivity contribution in [2.24, 2.45) is 0 Å². The van der Waals surface area contributed by atoms with E-state index < -0.39 is 4.92 Å². The Bertz CT molecular complexity index is 667. The lowest BCUT2D eigenvalue weighted by molar-refractivity contribution is -0.384. The molecule has 1 N–H and O–H groups in total. The molecule has 5 nitrogen and oxygen atoms in total. The molecular weight excluding hydrogens is 397 g/mol. The van der Waals surface area contributed by atoms with E-state index in [0.717, 1.165) is 0 Å². The van der Waals surface area contributed by atoms with Gasteiger partial charge < -0.3 is 5.32 Å². The van der Waals surface area contributed by atoms with Crippen LogP contribution in [-0.4, -0.2) is 9.91 Å². The molecule has 0 aliphatic carbocycles. The van der Waals surface area contributed by atoms with Crippen molar-refractivity contribution in [3.8, 4) is 0 Å². The fraction of sp³-hybridized carbons (Fsp3) is 0.0833. The third-order valence-corrected chi connectivity index (χ3v) is 3.69. The topological polar surface area (TPSA) is 68.1 Å². The van der Waals surface area contributed by atoms with E-state index in [1.54, 1.807) is 6.07 Å². The Labute approximate surface area is 130 Å². The SMILES string of the molecule is O=[N+]([O-])c1cc(Br)cnc1NCc1cc(F)ccc1Br. The van der Waals surface area contributed by atoms with Gasteiger partial charge in [-0.05, 0) is 39.7 Å². The number of aromatic nitrogens is 1. The van der Waals surface area contributed by atoms with Crippen molar-refractivity contribution in [3.63, 3.8) is 0 Å². The summed E-state index contributed by atoms with van der Waals surface area (Å²) < 4.78 is 14.4. The van der Waals surface area contributed by atoms with Crippen LogP contribution in [0.2, 0.25) is 0 Å². The second-order valence-corrected chi connectivity index (χ2v) is 5.64. The highest BCUT2D eigenvalue weighted by atomic mass is 79.9. The van der Waals surface area contributed by atoms with Crippen molar-refractivity contribution in [2.75, 3.05) is 5.32 Å². The van der Waals surface area contributed by atoms with Gasteiger partial charge in [0.25, 0.3) is 0 Å². The number of pyridine rings is 1. The van der Waals surface area contributed by atoms with Crippen molar-refractivity contribution >= 4 is 43.4 Å². The molecule has 0 aliphatic heterocycles. The van der Waals surface area contributed by atoms with Gasteiger partial charge in [0.1, 0.15) is 5.82 Å². The lowest BCUT2D eigenvalue weighted by Gasteiger charge is -2.08. The van der Waals surface area contributed by atoms with Gasteiger partial charge >= 0.3 is 5.69 Å². The highest BCUT2D eigenvalue weighted by Gasteiger charge is 2.16. The Hall–Kier alpha value is -1.54. The van der Waals surface area contributed by atoms with Crippen LogP contribution in [0.4, 0.5) is 15.9 Å². The molecule has 0 spiro atoms. The smallest absolute Gasteiger partial charge is 0.312 e. The van der Waals surface area contributed by atoms with Gasteiger partial charge in [0.2, 0.25) is 5.82 Å². The summed E-state index contributed by atoms with van der Waals surface area (Å²) in [6.07, 6.45) is 1.45. The average molecular weight is 405 g/mol. The number of nitrogens with zero attached hydrogens (tertiary/aromatic N) is 2. The summed E-state index contributed by atoms with van der Waals surface area (Å²) in [6.45, 7) is 0.216. The van der Waals surface area contributed by atoms with E-state index in [-0.39, 0.29) is 23.9 Å². The van der Waals surface area contributed by atoms with Crippen LogP contribution < -0.4 is 5.32 Å². The molecule has 0 bridgehead atoms. The number of benzene rings is 1. The summed E-state index contributed by atoms with van der Waals surface area (Å²) in [5, 5.41) is 13.8. The van der Waals surface area contributed by atoms with Gasteiger partial charge in [0.15, 0.2) is 0 Å². The maximum absolute atomic E-state index is 13.2. The van der Waals surface area contributed by atoms with Gasteiger partial charge in [-0.1, -0.05) is 15.9 Å². The first-order valence-corrected chi connectivity index (χ1v) is 7.03. The van der Waals surface area contributed by atoms with Crippen LogP contribution in [0, 0.1) is 15.9 Å². The van der Waals surface area contributed by atoms with Gasteiger partial charge in [-0.2, -0.15) is 0 Å². The Morgan fingerprint density at radius 3 is 2.80 bits per heavy atom. The molecule has 2 aromatic rings. The Morgan fingerprint density at radius 1 is 1.35 bits per heavy atom. The molecular formula is C12H8Br2FN3O2. The van der Waals surface area contributed by atoms with Gasteiger partial charge in [-0.3, -0.25) is 10.1 Å². The molecule has 0 saturated carbocycles. The van der Waals surface area contributed by atoms with E-state index in [2.05, 4.69) is 42.2 Å². The zero-order valence-electron chi connectivity index (χ0n) is 9.94. The number of rotatable bonds is 4. The minimum atomic E-state index is -0.527. The van der Waals surface area contributed by atoms with Crippen LogP contribution in [0.3, 0.4) is 0 Å². The first-order valence-electron chi connectivity index (χ1n) is 5.45. The minimum Gasteiger partial charge on any atom is -0.360 e. The van der Waals surface area contributed by atoms with E-state index in [4.69, 9.17) is 0 Å². The summed E-state index contributed by atoms with van der Waals surface area (Å²) in [4.78, 5) is 14.4. The molecule has 1 aromatic heterocycles. The van der Waals surface area contributed by atoms with Crippen molar-refractivity contribution in [1.82, 2.24) is 4.98 Å². The van der Waals surface area contributed by atoms with E-state index in [1.165, 1.54) is 24.4 Å². The van der Waals surface area contributed by atoms with Gasteiger partial charge in [0, 0.05) is 27.8 Å². The van der Waals surface area contributed by atoms with Crippen LogP contribution in [0.25, 0.3) is 0 Å². The largest absolute Gasteiger partial charge is 0.360 e. The summed E-state index contributed by atoms with van der Waals surface area (Å²) in [6, 6.07) is 5.61. The lowest BCUT2D eigenvalue weighted by atomic mass is 10.2. The Balaban J connectivity index is 2.23. The zero-order chi connectivity index (χ0) is 14.7. The summed E-state index contributed by atoms with van der Waals surface area (Å²) in [7, 11) is 0. The Morgan fingerprint density at radius 2 is 2.10 bits per heavy atom. The van der Waals surface area contributed by atoms with Gasteiger partial charge in [0.05, 0.1) is 4.92 Å². The zero-order valence-corrected chi connectivity index (χ0v) is 13.1. The van der Waals surface area contributed by atoms with Crippen molar-refractivity contribution in [2.45, 2.75) is 6.54 Å². The standard InChI is InChI=1S/C12H8Br2FN3O2/c13-8-4-11(18(19)20)12(17-6-8)16-5-7-3-9(15)1-2-10(7)14/h1-4,6H,5H2,(H,16,17). The van der Waals surface area contributed by atoms with E-state index >= 15 is 0 Å². The second kappa shape index (κ2) is 6.27. The summed E-state index contributed by atoms with van der Waals surface area (Å²) in [5.74, 6) is -0.238. The van der Waals surface area contributed by atoms with Crippen molar-refractivity contribution in [1.29, 1.82) is 0 Å². The average Bonchev–Trinajstić information content (AvgIpc) is 2.40. The normalized spacial score (nSPS) is 10.3. The molecule has 1 heterocycles. The van der Waals surface area contributed by atoms with E-state index in [1.807, 2.05) is 0 Å². The van der Waals surface area contributed by atoms with Crippen LogP contribution in [0.5, 0.6) is 0 Å². The summed E-state index contributed by atoms with van der Waals surface area (Å²) in [5.41, 5.74) is 0.496. The first kappa shape index (κ1) is 14.9. The molecule has 0 saturated heterocycles. The number of anilines is 1. The number of nitrogens with one attached hydrogen (secondary N) is 1. The molecule has 8 heteroatoms. The maximum atomic E-state index is 13.2.